The van der Waals surface area contributed by atoms with Crippen molar-refractivity contribution in [2.45, 2.75) is 18.7 Å². The van der Waals surface area contributed by atoms with Crippen LogP contribution in [0.1, 0.15) is 16.7 Å². The summed E-state index contributed by atoms with van der Waals surface area (Å²) < 4.78 is 27.1. The molecule has 1 N–H and O–H groups in total. The average molecular weight is 321 g/mol. The lowest BCUT2D eigenvalue weighted by Crippen LogP contribution is -2.13. The summed E-state index contributed by atoms with van der Waals surface area (Å²) in [5, 5.41) is 9.37. The molecule has 0 aromatic heterocycles. The van der Waals surface area contributed by atoms with Gasteiger partial charge in [0.25, 0.3) is 10.0 Å². The summed E-state index contributed by atoms with van der Waals surface area (Å²) in [6.45, 7) is 3.53. The predicted octanol–water partition coefficient (Wildman–Crippen LogP) is 3.63. The second-order valence-electron chi connectivity index (χ2n) is 4.66. The second kappa shape index (κ2) is 5.76. The monoisotopic (exact) mass is 320 g/mol. The smallest absolute Gasteiger partial charge is 0.261 e. The van der Waals surface area contributed by atoms with Crippen molar-refractivity contribution < 1.29 is 8.42 Å². The van der Waals surface area contributed by atoms with E-state index in [-0.39, 0.29) is 4.90 Å². The van der Waals surface area contributed by atoms with Gasteiger partial charge in [0.05, 0.1) is 22.2 Å². The molecule has 0 fully saturated rings. The lowest BCUT2D eigenvalue weighted by atomic mass is 10.1. The quantitative estimate of drug-likeness (QED) is 0.938. The molecule has 0 saturated carbocycles. The molecule has 0 heterocycles. The molecule has 0 aliphatic rings. The summed E-state index contributed by atoms with van der Waals surface area (Å²) in [5.74, 6) is 0. The lowest BCUT2D eigenvalue weighted by Gasteiger charge is -2.10. The fourth-order valence-electron chi connectivity index (χ4n) is 1.80. The fourth-order valence-corrected chi connectivity index (χ4v) is 3.11. The molecule has 0 atom stereocenters. The van der Waals surface area contributed by atoms with Crippen molar-refractivity contribution in [2.24, 2.45) is 0 Å². The molecule has 0 amide bonds. The molecule has 0 unspecified atom stereocenters. The highest BCUT2D eigenvalue weighted by atomic mass is 35.5. The van der Waals surface area contributed by atoms with Crippen molar-refractivity contribution in [3.63, 3.8) is 0 Å². The first-order chi connectivity index (χ1) is 9.83. The van der Waals surface area contributed by atoms with Crippen LogP contribution in [0.2, 0.25) is 5.02 Å². The van der Waals surface area contributed by atoms with E-state index in [2.05, 4.69) is 4.72 Å². The van der Waals surface area contributed by atoms with E-state index in [1.54, 1.807) is 25.1 Å². The molecule has 0 spiro atoms. The van der Waals surface area contributed by atoms with Crippen LogP contribution < -0.4 is 4.72 Å². The van der Waals surface area contributed by atoms with E-state index in [0.717, 1.165) is 5.56 Å². The van der Waals surface area contributed by atoms with E-state index < -0.39 is 10.0 Å². The van der Waals surface area contributed by atoms with Gasteiger partial charge in [-0.2, -0.15) is 5.26 Å². The Balaban J connectivity index is 2.36. The maximum absolute atomic E-state index is 12.3. The van der Waals surface area contributed by atoms with Gasteiger partial charge in [0.15, 0.2) is 0 Å². The van der Waals surface area contributed by atoms with Crippen LogP contribution >= 0.6 is 11.6 Å². The molecule has 2 rings (SSSR count). The summed E-state index contributed by atoms with van der Waals surface area (Å²) in [7, 11) is -3.71. The Hall–Kier alpha value is -2.03. The number of sulfonamides is 1. The van der Waals surface area contributed by atoms with Crippen LogP contribution in [-0.4, -0.2) is 8.42 Å². The Morgan fingerprint density at radius 3 is 2.38 bits per heavy atom. The highest BCUT2D eigenvalue weighted by Gasteiger charge is 2.15. The van der Waals surface area contributed by atoms with Gasteiger partial charge in [-0.1, -0.05) is 17.7 Å². The van der Waals surface area contributed by atoms with Crippen molar-refractivity contribution in [1.82, 2.24) is 0 Å². The maximum Gasteiger partial charge on any atom is 0.261 e. The van der Waals surface area contributed by atoms with Gasteiger partial charge in [0.1, 0.15) is 0 Å². The molecule has 6 heteroatoms. The van der Waals surface area contributed by atoms with Gasteiger partial charge in [0.2, 0.25) is 0 Å². The number of aryl methyl sites for hydroxylation is 2. The summed E-state index contributed by atoms with van der Waals surface area (Å²) in [6, 6.07) is 11.3. The summed E-state index contributed by atoms with van der Waals surface area (Å²) >= 11 is 5.98. The van der Waals surface area contributed by atoms with Gasteiger partial charge in [-0.3, -0.25) is 4.72 Å². The van der Waals surface area contributed by atoms with E-state index in [9.17, 15) is 8.42 Å². The molecular weight excluding hydrogens is 308 g/mol. The van der Waals surface area contributed by atoms with Crippen LogP contribution in [0.5, 0.6) is 0 Å². The zero-order chi connectivity index (χ0) is 15.6. The molecule has 21 heavy (non-hydrogen) atoms. The normalized spacial score (nSPS) is 11.0. The van der Waals surface area contributed by atoms with Gasteiger partial charge in [-0.25, -0.2) is 8.42 Å². The summed E-state index contributed by atoms with van der Waals surface area (Å²) in [6.07, 6.45) is 0. The van der Waals surface area contributed by atoms with E-state index in [1.807, 2.05) is 13.0 Å². The standard InChI is InChI=1S/C15H13ClN2O2S/c1-10-3-5-13(8-15(10)16)18-21(19,20)14-6-4-12(9-17)11(2)7-14/h3-8,18H,1-2H3. The average Bonchev–Trinajstić information content (AvgIpc) is 2.42. The number of benzene rings is 2. The van der Waals surface area contributed by atoms with Crippen LogP contribution in [0.25, 0.3) is 0 Å². The molecule has 0 aliphatic heterocycles. The Labute approximate surface area is 129 Å². The largest absolute Gasteiger partial charge is 0.280 e. The first-order valence-electron chi connectivity index (χ1n) is 6.13. The third-order valence-corrected chi connectivity index (χ3v) is 4.84. The number of nitrogens with zero attached hydrogens (tertiary/aromatic N) is 1. The van der Waals surface area contributed by atoms with Crippen molar-refractivity contribution >= 4 is 27.3 Å². The molecule has 0 saturated heterocycles. The number of nitriles is 1. The number of rotatable bonds is 3. The van der Waals surface area contributed by atoms with E-state index in [4.69, 9.17) is 16.9 Å². The number of halogens is 1. The molecule has 2 aromatic carbocycles. The Morgan fingerprint density at radius 2 is 1.81 bits per heavy atom. The lowest BCUT2D eigenvalue weighted by molar-refractivity contribution is 0.601. The zero-order valence-electron chi connectivity index (χ0n) is 11.5. The number of nitrogens with one attached hydrogen (secondary N) is 1. The Bertz CT molecular complexity index is 839. The third kappa shape index (κ3) is 3.35. The van der Waals surface area contributed by atoms with E-state index in [1.165, 1.54) is 18.2 Å². The number of hydrogen-bond donors (Lipinski definition) is 1. The molecule has 2 aromatic rings. The highest BCUT2D eigenvalue weighted by molar-refractivity contribution is 7.92. The molecule has 0 bridgehead atoms. The first kappa shape index (κ1) is 15.4. The topological polar surface area (TPSA) is 70.0 Å². The van der Waals surface area contributed by atoms with Crippen LogP contribution in [0, 0.1) is 25.2 Å². The number of anilines is 1. The molecule has 0 radical (unpaired) electrons. The first-order valence-corrected chi connectivity index (χ1v) is 7.99. The molecular formula is C15H13ClN2O2S. The third-order valence-electron chi connectivity index (χ3n) is 3.05. The fraction of sp³-hybridized carbons (Fsp3) is 0.133. The number of hydrogen-bond acceptors (Lipinski definition) is 3. The highest BCUT2D eigenvalue weighted by Crippen LogP contribution is 2.23. The molecule has 4 nitrogen and oxygen atoms in total. The van der Waals surface area contributed by atoms with Gasteiger partial charge in [-0.15, -0.1) is 0 Å². The van der Waals surface area contributed by atoms with Crippen LogP contribution in [-0.2, 0) is 10.0 Å². The molecule has 108 valence electrons. The molecule has 0 aliphatic carbocycles. The maximum atomic E-state index is 12.3. The summed E-state index contributed by atoms with van der Waals surface area (Å²) in [4.78, 5) is 0.107. The van der Waals surface area contributed by atoms with Crippen LogP contribution in [0.3, 0.4) is 0 Å². The second-order valence-corrected chi connectivity index (χ2v) is 6.75. The Kier molecular flexibility index (Phi) is 4.21. The van der Waals surface area contributed by atoms with E-state index >= 15 is 0 Å². The Morgan fingerprint density at radius 1 is 1.10 bits per heavy atom. The SMILES string of the molecule is Cc1ccc(NS(=O)(=O)c2ccc(C#N)c(C)c2)cc1Cl. The van der Waals surface area contributed by atoms with Gasteiger partial charge in [-0.05, 0) is 55.3 Å². The van der Waals surface area contributed by atoms with E-state index in [0.29, 0.717) is 21.8 Å². The van der Waals surface area contributed by atoms with Crippen molar-refractivity contribution in [3.05, 3.63) is 58.1 Å². The van der Waals surface area contributed by atoms with Crippen molar-refractivity contribution in [3.8, 4) is 6.07 Å². The predicted molar refractivity (Wildman–Crippen MR) is 82.9 cm³/mol. The van der Waals surface area contributed by atoms with Gasteiger partial charge >= 0.3 is 0 Å². The van der Waals surface area contributed by atoms with Gasteiger partial charge < -0.3 is 0 Å². The minimum absolute atomic E-state index is 0.107. The minimum atomic E-state index is -3.71. The minimum Gasteiger partial charge on any atom is -0.280 e. The van der Waals surface area contributed by atoms with Gasteiger partial charge in [0, 0.05) is 5.02 Å². The van der Waals surface area contributed by atoms with Crippen LogP contribution in [0.4, 0.5) is 5.69 Å². The van der Waals surface area contributed by atoms with Crippen LogP contribution in [0.15, 0.2) is 41.3 Å². The van der Waals surface area contributed by atoms with Crippen molar-refractivity contribution in [1.29, 1.82) is 5.26 Å². The van der Waals surface area contributed by atoms with Crippen molar-refractivity contribution in [2.75, 3.05) is 4.72 Å². The summed E-state index contributed by atoms with van der Waals surface area (Å²) in [5.41, 5.74) is 2.33. The zero-order valence-corrected chi connectivity index (χ0v) is 13.1.